The molecule has 1 nitrogen and oxygen atoms in total. The molecule has 17 heavy (non-hydrogen) atoms. The van der Waals surface area contributed by atoms with E-state index in [9.17, 15) is 8.78 Å². The molecule has 0 saturated carbocycles. The minimum atomic E-state index is -0.784. The molecule has 96 valence electrons. The van der Waals surface area contributed by atoms with E-state index in [0.717, 1.165) is 25.7 Å². The van der Waals surface area contributed by atoms with E-state index in [0.29, 0.717) is 17.5 Å². The Kier molecular flexibility index (Phi) is 5.56. The number of hydrogen-bond donors (Lipinski definition) is 1. The highest BCUT2D eigenvalue weighted by Crippen LogP contribution is 2.23. The number of aryl methyl sites for hydroxylation is 1. The van der Waals surface area contributed by atoms with Crippen LogP contribution in [0.2, 0.25) is 0 Å². The van der Waals surface area contributed by atoms with Gasteiger partial charge in [-0.2, -0.15) is 0 Å². The Morgan fingerprint density at radius 3 is 2.47 bits per heavy atom. The minimum Gasteiger partial charge on any atom is -0.324 e. The molecule has 1 aromatic carbocycles. The summed E-state index contributed by atoms with van der Waals surface area (Å²) in [6, 6.07) is 2.78. The van der Waals surface area contributed by atoms with Crippen LogP contribution < -0.4 is 5.73 Å². The molecule has 0 heterocycles. The molecule has 2 N–H and O–H groups in total. The summed E-state index contributed by atoms with van der Waals surface area (Å²) >= 11 is 0. The third-order valence-electron chi connectivity index (χ3n) is 3.07. The number of halogens is 2. The first-order valence-electron chi connectivity index (χ1n) is 6.28. The molecule has 1 rings (SSSR count). The first-order valence-corrected chi connectivity index (χ1v) is 6.28. The normalized spacial score (nSPS) is 12.8. The maximum absolute atomic E-state index is 13.6. The highest BCUT2D eigenvalue weighted by molar-refractivity contribution is 5.27. The van der Waals surface area contributed by atoms with Crippen molar-refractivity contribution in [3.8, 4) is 0 Å². The second-order valence-electron chi connectivity index (χ2n) is 4.56. The van der Waals surface area contributed by atoms with Crippen molar-refractivity contribution in [3.63, 3.8) is 0 Å². The molecule has 0 aromatic heterocycles. The van der Waals surface area contributed by atoms with Gasteiger partial charge in [-0.3, -0.25) is 0 Å². The lowest BCUT2D eigenvalue weighted by Gasteiger charge is -2.14. The molecule has 3 heteroatoms. The van der Waals surface area contributed by atoms with Gasteiger partial charge in [-0.15, -0.1) is 0 Å². The van der Waals surface area contributed by atoms with E-state index in [1.165, 1.54) is 0 Å². The van der Waals surface area contributed by atoms with Crippen molar-refractivity contribution in [2.24, 2.45) is 5.73 Å². The number of nitrogens with two attached hydrogens (primary N) is 1. The molecule has 1 aromatic rings. The Morgan fingerprint density at radius 1 is 1.12 bits per heavy atom. The summed E-state index contributed by atoms with van der Waals surface area (Å²) in [5.74, 6) is -1.56. The molecular formula is C14H21F2N. The largest absolute Gasteiger partial charge is 0.324 e. The Morgan fingerprint density at radius 2 is 1.82 bits per heavy atom. The molecule has 1 atom stereocenters. The van der Waals surface area contributed by atoms with Gasteiger partial charge in [-0.05, 0) is 18.9 Å². The van der Waals surface area contributed by atoms with Crippen molar-refractivity contribution >= 4 is 0 Å². The van der Waals surface area contributed by atoms with Crippen LogP contribution >= 0.6 is 0 Å². The Balaban J connectivity index is 2.63. The fourth-order valence-electron chi connectivity index (χ4n) is 1.89. The lowest BCUT2D eigenvalue weighted by molar-refractivity contribution is 0.473. The van der Waals surface area contributed by atoms with Gasteiger partial charge in [0, 0.05) is 11.6 Å². The van der Waals surface area contributed by atoms with Crippen LogP contribution in [0.5, 0.6) is 0 Å². The van der Waals surface area contributed by atoms with Crippen molar-refractivity contribution in [3.05, 3.63) is 34.9 Å². The van der Waals surface area contributed by atoms with Crippen LogP contribution in [0.25, 0.3) is 0 Å². The van der Waals surface area contributed by atoms with E-state index < -0.39 is 17.7 Å². The lowest BCUT2D eigenvalue weighted by Crippen LogP contribution is -2.13. The third kappa shape index (κ3) is 3.77. The van der Waals surface area contributed by atoms with E-state index in [2.05, 4.69) is 6.92 Å². The van der Waals surface area contributed by atoms with Gasteiger partial charge in [-0.1, -0.05) is 44.7 Å². The number of benzene rings is 1. The second kappa shape index (κ2) is 6.70. The van der Waals surface area contributed by atoms with Gasteiger partial charge in [-0.25, -0.2) is 8.78 Å². The fourth-order valence-corrected chi connectivity index (χ4v) is 1.89. The monoisotopic (exact) mass is 241 g/mol. The van der Waals surface area contributed by atoms with Gasteiger partial charge < -0.3 is 5.73 Å². The number of hydrogen-bond acceptors (Lipinski definition) is 1. The van der Waals surface area contributed by atoms with E-state index in [1.807, 2.05) is 0 Å². The zero-order valence-electron chi connectivity index (χ0n) is 10.6. The summed E-state index contributed by atoms with van der Waals surface area (Å²) < 4.78 is 27.0. The van der Waals surface area contributed by atoms with Crippen LogP contribution in [0.3, 0.4) is 0 Å². The van der Waals surface area contributed by atoms with Crippen LogP contribution in [0.15, 0.2) is 12.1 Å². The van der Waals surface area contributed by atoms with Gasteiger partial charge in [0.15, 0.2) is 11.6 Å². The molecule has 0 radical (unpaired) electrons. The molecule has 0 aliphatic rings. The smallest absolute Gasteiger partial charge is 0.163 e. The third-order valence-corrected chi connectivity index (χ3v) is 3.07. The highest BCUT2D eigenvalue weighted by atomic mass is 19.2. The van der Waals surface area contributed by atoms with Gasteiger partial charge in [0.1, 0.15) is 0 Å². The van der Waals surface area contributed by atoms with Crippen LogP contribution in [0, 0.1) is 18.6 Å². The number of unbranched alkanes of at least 4 members (excludes halogenated alkanes) is 3. The lowest BCUT2D eigenvalue weighted by atomic mass is 9.99. The first kappa shape index (κ1) is 14.1. The number of rotatable bonds is 6. The molecular weight excluding hydrogens is 220 g/mol. The molecule has 0 spiro atoms. The van der Waals surface area contributed by atoms with Gasteiger partial charge in [0.05, 0.1) is 0 Å². The zero-order chi connectivity index (χ0) is 12.8. The van der Waals surface area contributed by atoms with Gasteiger partial charge >= 0.3 is 0 Å². The molecule has 0 aliphatic heterocycles. The maximum Gasteiger partial charge on any atom is 0.163 e. The van der Waals surface area contributed by atoms with Crippen molar-refractivity contribution in [2.45, 2.75) is 52.0 Å². The molecule has 0 bridgehead atoms. The van der Waals surface area contributed by atoms with Crippen LogP contribution in [-0.2, 0) is 0 Å². The Hall–Kier alpha value is -0.960. The second-order valence-corrected chi connectivity index (χ2v) is 4.56. The summed E-state index contributed by atoms with van der Waals surface area (Å²) in [7, 11) is 0. The Bertz CT molecular complexity index is 363. The van der Waals surface area contributed by atoms with E-state index in [1.54, 1.807) is 19.1 Å². The van der Waals surface area contributed by atoms with Crippen LogP contribution in [-0.4, -0.2) is 0 Å². The van der Waals surface area contributed by atoms with Crippen LogP contribution in [0.4, 0.5) is 8.78 Å². The Labute approximate surface area is 102 Å². The zero-order valence-corrected chi connectivity index (χ0v) is 10.6. The minimum absolute atomic E-state index is 0.296. The summed E-state index contributed by atoms with van der Waals surface area (Å²) in [4.78, 5) is 0. The average Bonchev–Trinajstić information content (AvgIpc) is 2.31. The molecule has 0 fully saturated rings. The standard InChI is InChI=1S/C14H21F2N/c1-3-4-5-6-7-12(17)11-9-8-10(2)13(15)14(11)16/h8-9,12H,3-7,17H2,1-2H3. The summed E-state index contributed by atoms with van der Waals surface area (Å²) in [6.07, 6.45) is 5.09. The van der Waals surface area contributed by atoms with Crippen molar-refractivity contribution in [1.29, 1.82) is 0 Å². The SMILES string of the molecule is CCCCCCC(N)c1ccc(C)c(F)c1F. The van der Waals surface area contributed by atoms with Gasteiger partial charge in [0.25, 0.3) is 0 Å². The molecule has 0 saturated heterocycles. The summed E-state index contributed by atoms with van der Waals surface area (Å²) in [6.45, 7) is 3.68. The predicted molar refractivity (Wildman–Crippen MR) is 66.8 cm³/mol. The van der Waals surface area contributed by atoms with Gasteiger partial charge in [0.2, 0.25) is 0 Å². The fraction of sp³-hybridized carbons (Fsp3) is 0.571. The predicted octanol–water partition coefficient (Wildman–Crippen LogP) is 4.24. The summed E-state index contributed by atoms with van der Waals surface area (Å²) in [5, 5.41) is 0. The quantitative estimate of drug-likeness (QED) is 0.740. The van der Waals surface area contributed by atoms with E-state index >= 15 is 0 Å². The van der Waals surface area contributed by atoms with Crippen molar-refractivity contribution in [1.82, 2.24) is 0 Å². The molecule has 0 amide bonds. The van der Waals surface area contributed by atoms with E-state index in [4.69, 9.17) is 5.73 Å². The first-order chi connectivity index (χ1) is 8.07. The van der Waals surface area contributed by atoms with E-state index in [-0.39, 0.29) is 0 Å². The molecule has 0 aliphatic carbocycles. The van der Waals surface area contributed by atoms with Crippen molar-refractivity contribution in [2.75, 3.05) is 0 Å². The van der Waals surface area contributed by atoms with Crippen LogP contribution in [0.1, 0.15) is 56.2 Å². The highest BCUT2D eigenvalue weighted by Gasteiger charge is 2.16. The maximum atomic E-state index is 13.6. The molecule has 1 unspecified atom stereocenters. The van der Waals surface area contributed by atoms with Crippen molar-refractivity contribution < 1.29 is 8.78 Å². The summed E-state index contributed by atoms with van der Waals surface area (Å²) in [5.41, 5.74) is 6.51. The topological polar surface area (TPSA) is 26.0 Å². The average molecular weight is 241 g/mol.